The summed E-state index contributed by atoms with van der Waals surface area (Å²) in [5.41, 5.74) is 2.67. The van der Waals surface area contributed by atoms with Gasteiger partial charge in [0.1, 0.15) is 22.7 Å². The smallest absolute Gasteiger partial charge is 0.165 e. The summed E-state index contributed by atoms with van der Waals surface area (Å²) >= 11 is 1.57. The zero-order valence-electron chi connectivity index (χ0n) is 17.2. The molecule has 1 unspecified atom stereocenters. The summed E-state index contributed by atoms with van der Waals surface area (Å²) in [4.78, 5) is 16.6. The molecule has 0 amide bonds. The van der Waals surface area contributed by atoms with Crippen molar-refractivity contribution in [1.82, 2.24) is 39.5 Å². The maximum Gasteiger partial charge on any atom is 0.165 e. The van der Waals surface area contributed by atoms with Gasteiger partial charge in [0.15, 0.2) is 17.5 Å². The number of anilines is 1. The van der Waals surface area contributed by atoms with Crippen molar-refractivity contribution in [3.63, 3.8) is 0 Å². The van der Waals surface area contributed by atoms with Crippen molar-refractivity contribution in [3.05, 3.63) is 36.1 Å². The van der Waals surface area contributed by atoms with Crippen LogP contribution < -0.4 is 4.90 Å². The fourth-order valence-electron chi connectivity index (χ4n) is 4.53. The van der Waals surface area contributed by atoms with Crippen LogP contribution in [0.3, 0.4) is 0 Å². The highest BCUT2D eigenvalue weighted by molar-refractivity contribution is 7.13. The van der Waals surface area contributed by atoms with Crippen LogP contribution in [0.15, 0.2) is 30.3 Å². The first-order valence-corrected chi connectivity index (χ1v) is 11.2. The molecule has 1 fully saturated rings. The molecule has 0 saturated carbocycles. The molecule has 0 bridgehead atoms. The first-order chi connectivity index (χ1) is 15.3. The summed E-state index contributed by atoms with van der Waals surface area (Å²) in [6.07, 6.45) is 9.06. The molecule has 0 N–H and O–H groups in total. The van der Waals surface area contributed by atoms with Gasteiger partial charge in [0.2, 0.25) is 0 Å². The number of aryl methyl sites for hydroxylation is 1. The second kappa shape index (κ2) is 7.20. The number of hydrogen-bond donors (Lipinski definition) is 0. The molecule has 6 heterocycles. The average Bonchev–Trinajstić information content (AvgIpc) is 3.59. The van der Waals surface area contributed by atoms with Gasteiger partial charge in [-0.2, -0.15) is 5.10 Å². The molecule has 1 saturated heterocycles. The van der Waals surface area contributed by atoms with E-state index in [1.807, 2.05) is 34.1 Å². The molecule has 31 heavy (non-hydrogen) atoms. The molecule has 6 rings (SSSR count). The highest BCUT2D eigenvalue weighted by Crippen LogP contribution is 2.42. The van der Waals surface area contributed by atoms with Gasteiger partial charge < -0.3 is 9.64 Å². The Morgan fingerprint density at radius 3 is 2.97 bits per heavy atom. The van der Waals surface area contributed by atoms with Crippen LogP contribution in [-0.2, 0) is 11.8 Å². The van der Waals surface area contributed by atoms with Crippen LogP contribution in [0.25, 0.3) is 27.8 Å². The lowest BCUT2D eigenvalue weighted by atomic mass is 10.0. The van der Waals surface area contributed by atoms with Gasteiger partial charge in [0, 0.05) is 25.2 Å². The quantitative estimate of drug-likeness (QED) is 0.482. The molecule has 2 aliphatic rings. The SMILES string of the molecule is CCC1c2nncn2-c2cnc(-c3cnn(C)c3-c3nccs3)nc2N1[C@@H]1CCOC1. The molecular formula is C20H21N9OS. The van der Waals surface area contributed by atoms with Crippen molar-refractivity contribution in [2.24, 2.45) is 7.05 Å². The van der Waals surface area contributed by atoms with E-state index in [9.17, 15) is 0 Å². The first kappa shape index (κ1) is 18.6. The normalized spacial score (nSPS) is 20.1. The van der Waals surface area contributed by atoms with Crippen LogP contribution in [0.4, 0.5) is 5.82 Å². The number of nitrogens with zero attached hydrogens (tertiary/aromatic N) is 9. The number of thiazole rings is 1. The predicted molar refractivity (Wildman–Crippen MR) is 115 cm³/mol. The van der Waals surface area contributed by atoms with Gasteiger partial charge >= 0.3 is 0 Å². The minimum absolute atomic E-state index is 0.0804. The lowest BCUT2D eigenvalue weighted by molar-refractivity contribution is 0.191. The molecule has 4 aromatic heterocycles. The van der Waals surface area contributed by atoms with Crippen molar-refractivity contribution in [3.8, 4) is 27.8 Å². The largest absolute Gasteiger partial charge is 0.379 e. The Labute approximate surface area is 182 Å². The van der Waals surface area contributed by atoms with Crippen molar-refractivity contribution in [1.29, 1.82) is 0 Å². The van der Waals surface area contributed by atoms with Crippen LogP contribution in [0.2, 0.25) is 0 Å². The highest BCUT2D eigenvalue weighted by Gasteiger charge is 2.39. The van der Waals surface area contributed by atoms with Crippen molar-refractivity contribution < 1.29 is 4.74 Å². The lowest BCUT2D eigenvalue weighted by Crippen LogP contribution is -2.43. The van der Waals surface area contributed by atoms with Crippen molar-refractivity contribution in [2.45, 2.75) is 31.8 Å². The molecule has 0 aliphatic carbocycles. The molecule has 4 aromatic rings. The Bertz CT molecular complexity index is 1230. The van der Waals surface area contributed by atoms with Gasteiger partial charge in [0.05, 0.1) is 36.6 Å². The summed E-state index contributed by atoms with van der Waals surface area (Å²) in [6, 6.07) is 0.320. The molecule has 0 radical (unpaired) electrons. The third-order valence-electron chi connectivity index (χ3n) is 5.96. The number of fused-ring (bicyclic) bond motifs is 3. The van der Waals surface area contributed by atoms with Gasteiger partial charge in [0.25, 0.3) is 0 Å². The Balaban J connectivity index is 1.54. The van der Waals surface area contributed by atoms with Crippen LogP contribution in [0.1, 0.15) is 31.6 Å². The molecule has 2 aliphatic heterocycles. The standard InChI is InChI=1S/C20H21N9OS/c1-3-14-19-26-23-11-28(19)15-9-22-17(25-18(15)29(14)12-4-6-30-10-12)13-8-24-27(2)16(13)20-21-5-7-31-20/h5,7-9,11-12,14H,3-4,6,10H2,1-2H3/t12-,14?/m1/s1. The van der Waals surface area contributed by atoms with E-state index in [-0.39, 0.29) is 12.1 Å². The topological polar surface area (TPSA) is 99.7 Å². The maximum atomic E-state index is 5.73. The minimum Gasteiger partial charge on any atom is -0.379 e. The van der Waals surface area contributed by atoms with E-state index >= 15 is 0 Å². The maximum absolute atomic E-state index is 5.73. The molecule has 158 valence electrons. The molecule has 0 spiro atoms. The Hall–Kier alpha value is -3.18. The molecule has 11 heteroatoms. The van der Waals surface area contributed by atoms with Crippen LogP contribution in [0.5, 0.6) is 0 Å². The second-order valence-corrected chi connectivity index (χ2v) is 8.57. The Kier molecular flexibility index (Phi) is 4.32. The zero-order valence-corrected chi connectivity index (χ0v) is 18.0. The zero-order chi connectivity index (χ0) is 20.9. The minimum atomic E-state index is 0.0804. The van der Waals surface area contributed by atoms with Crippen LogP contribution in [-0.4, -0.2) is 58.8 Å². The third kappa shape index (κ3) is 2.80. The van der Waals surface area contributed by atoms with Gasteiger partial charge in [-0.15, -0.1) is 21.5 Å². The third-order valence-corrected chi connectivity index (χ3v) is 6.74. The van der Waals surface area contributed by atoms with Gasteiger partial charge in [-0.05, 0) is 12.8 Å². The van der Waals surface area contributed by atoms with Gasteiger partial charge in [-0.1, -0.05) is 6.92 Å². The number of rotatable bonds is 4. The fraction of sp³-hybridized carbons (Fsp3) is 0.400. The monoisotopic (exact) mass is 435 g/mol. The van der Waals surface area contributed by atoms with E-state index in [0.717, 1.165) is 53.0 Å². The Morgan fingerprint density at radius 2 is 2.19 bits per heavy atom. The Morgan fingerprint density at radius 1 is 1.26 bits per heavy atom. The molecule has 2 atom stereocenters. The van der Waals surface area contributed by atoms with Crippen molar-refractivity contribution in [2.75, 3.05) is 18.1 Å². The second-order valence-electron chi connectivity index (χ2n) is 7.68. The predicted octanol–water partition coefficient (Wildman–Crippen LogP) is 2.64. The number of ether oxygens (including phenoxy) is 1. The molecule has 0 aromatic carbocycles. The average molecular weight is 436 g/mol. The summed E-state index contributed by atoms with van der Waals surface area (Å²) in [5, 5.41) is 15.9. The summed E-state index contributed by atoms with van der Waals surface area (Å²) in [7, 11) is 1.91. The van der Waals surface area contributed by atoms with E-state index in [4.69, 9.17) is 14.7 Å². The van der Waals surface area contributed by atoms with Crippen LogP contribution >= 0.6 is 11.3 Å². The van der Waals surface area contributed by atoms with Gasteiger partial charge in [-0.25, -0.2) is 15.0 Å². The fourth-order valence-corrected chi connectivity index (χ4v) is 5.25. The van der Waals surface area contributed by atoms with Crippen LogP contribution in [0, 0.1) is 0 Å². The van der Waals surface area contributed by atoms with Gasteiger partial charge in [-0.3, -0.25) is 9.25 Å². The van der Waals surface area contributed by atoms with Crippen molar-refractivity contribution >= 4 is 17.2 Å². The van der Waals surface area contributed by atoms with E-state index < -0.39 is 0 Å². The first-order valence-electron chi connectivity index (χ1n) is 10.3. The molecular weight excluding hydrogens is 414 g/mol. The summed E-state index contributed by atoms with van der Waals surface area (Å²) < 4.78 is 9.56. The summed E-state index contributed by atoms with van der Waals surface area (Å²) in [6.45, 7) is 3.61. The lowest BCUT2D eigenvalue weighted by Gasteiger charge is -2.40. The number of aromatic nitrogens is 8. The summed E-state index contributed by atoms with van der Waals surface area (Å²) in [5.74, 6) is 2.43. The molecule has 10 nitrogen and oxygen atoms in total. The van der Waals surface area contributed by atoms with E-state index in [0.29, 0.717) is 12.4 Å². The highest BCUT2D eigenvalue weighted by atomic mass is 32.1. The number of hydrogen-bond acceptors (Lipinski definition) is 9. The van der Waals surface area contributed by atoms with E-state index in [1.54, 1.807) is 23.9 Å². The van der Waals surface area contributed by atoms with E-state index in [2.05, 4.69) is 32.1 Å². The van der Waals surface area contributed by atoms with E-state index in [1.165, 1.54) is 0 Å².